The Morgan fingerprint density at radius 2 is 1.75 bits per heavy atom. The molecule has 6 nitrogen and oxygen atoms in total. The molecule has 0 spiro atoms. The summed E-state index contributed by atoms with van der Waals surface area (Å²) < 4.78 is 47.7. The Labute approximate surface area is 121 Å². The third-order valence-corrected chi connectivity index (χ3v) is 6.70. The van der Waals surface area contributed by atoms with Crippen LogP contribution < -0.4 is 5.73 Å². The number of rotatable bonds is 4. The predicted octanol–water partition coefficient (Wildman–Crippen LogP) is 0.838. The van der Waals surface area contributed by atoms with E-state index in [1.54, 1.807) is 6.07 Å². The van der Waals surface area contributed by atoms with E-state index >= 15 is 0 Å². The molecule has 2 rings (SSSR count). The topological polar surface area (TPSA) is 107 Å². The van der Waals surface area contributed by atoms with Crippen molar-refractivity contribution >= 4 is 31.0 Å². The number of pyridine rings is 1. The molecule has 0 amide bonds. The lowest BCUT2D eigenvalue weighted by Crippen LogP contribution is -2.07. The highest BCUT2D eigenvalue weighted by atomic mass is 32.2. The van der Waals surface area contributed by atoms with Crippen molar-refractivity contribution in [2.24, 2.45) is 5.73 Å². The Bertz CT molecular complexity index is 838. The molecule has 0 saturated heterocycles. The molecule has 0 aliphatic heterocycles. The minimum atomic E-state index is -3.82. The van der Waals surface area contributed by atoms with Crippen LogP contribution in [0.25, 0.3) is 0 Å². The zero-order chi connectivity index (χ0) is 15.0. The molecule has 0 aliphatic carbocycles. The molecule has 0 saturated carbocycles. The average molecular weight is 332 g/mol. The standard InChI is InChI=1S/C11H12N2O4S3/c1-19(14,15)9-3-2-4-10(13-9)20(16,17)11-6-5-8(7-12)18-11/h2-6H,7,12H2,1H3. The lowest BCUT2D eigenvalue weighted by molar-refractivity contribution is 0.589. The molecule has 0 atom stereocenters. The van der Waals surface area contributed by atoms with E-state index in [9.17, 15) is 16.8 Å². The molecule has 2 aromatic heterocycles. The van der Waals surface area contributed by atoms with Crippen LogP contribution in [0, 0.1) is 0 Å². The van der Waals surface area contributed by atoms with Gasteiger partial charge >= 0.3 is 0 Å². The maximum absolute atomic E-state index is 12.4. The normalized spacial score (nSPS) is 12.5. The zero-order valence-electron chi connectivity index (χ0n) is 10.5. The zero-order valence-corrected chi connectivity index (χ0v) is 12.9. The number of nitrogens with zero attached hydrogens (tertiary/aromatic N) is 1. The molecule has 2 aromatic rings. The summed E-state index contributed by atoms with van der Waals surface area (Å²) in [5.41, 5.74) is 5.45. The highest BCUT2D eigenvalue weighted by molar-refractivity contribution is 7.93. The third-order valence-electron chi connectivity index (χ3n) is 2.46. The number of sulfone groups is 2. The van der Waals surface area contributed by atoms with Crippen LogP contribution in [-0.4, -0.2) is 28.1 Å². The molecule has 0 fully saturated rings. The molecule has 0 bridgehead atoms. The number of hydrogen-bond donors (Lipinski definition) is 1. The second-order valence-corrected chi connectivity index (χ2v) is 9.27. The molecule has 2 heterocycles. The van der Waals surface area contributed by atoms with Crippen molar-refractivity contribution in [3.05, 3.63) is 35.2 Å². The maximum Gasteiger partial charge on any atom is 0.233 e. The summed E-state index contributed by atoms with van der Waals surface area (Å²) in [6, 6.07) is 6.95. The summed E-state index contributed by atoms with van der Waals surface area (Å²) in [5.74, 6) is 0. The maximum atomic E-state index is 12.4. The predicted molar refractivity (Wildman–Crippen MR) is 75.0 cm³/mol. The summed E-state index contributed by atoms with van der Waals surface area (Å²) in [5, 5.41) is -0.556. The van der Waals surface area contributed by atoms with Gasteiger partial charge in [0, 0.05) is 17.7 Å². The lowest BCUT2D eigenvalue weighted by atomic mass is 10.5. The van der Waals surface area contributed by atoms with E-state index in [-0.39, 0.29) is 20.8 Å². The number of nitrogens with two attached hydrogens (primary N) is 1. The van der Waals surface area contributed by atoms with Crippen LogP contribution in [0.3, 0.4) is 0 Å². The quantitative estimate of drug-likeness (QED) is 0.889. The van der Waals surface area contributed by atoms with Gasteiger partial charge in [-0.05, 0) is 24.3 Å². The van der Waals surface area contributed by atoms with Crippen molar-refractivity contribution < 1.29 is 16.8 Å². The Morgan fingerprint density at radius 3 is 2.30 bits per heavy atom. The Balaban J connectivity index is 2.55. The minimum Gasteiger partial charge on any atom is -0.326 e. The van der Waals surface area contributed by atoms with Gasteiger partial charge in [0.1, 0.15) is 4.21 Å². The third kappa shape index (κ3) is 2.90. The molecule has 0 radical (unpaired) electrons. The summed E-state index contributed by atoms with van der Waals surface area (Å²) in [4.78, 5) is 4.45. The molecular formula is C11H12N2O4S3. The Morgan fingerprint density at radius 1 is 1.10 bits per heavy atom. The summed E-state index contributed by atoms with van der Waals surface area (Å²) in [6.07, 6.45) is 0.976. The van der Waals surface area contributed by atoms with Crippen LogP contribution in [0.5, 0.6) is 0 Å². The van der Waals surface area contributed by atoms with Crippen LogP contribution in [0.2, 0.25) is 0 Å². The highest BCUT2D eigenvalue weighted by Crippen LogP contribution is 2.27. The molecule has 0 unspecified atom stereocenters. The van der Waals surface area contributed by atoms with Gasteiger partial charge in [0.25, 0.3) is 0 Å². The van der Waals surface area contributed by atoms with E-state index < -0.39 is 19.7 Å². The van der Waals surface area contributed by atoms with Crippen LogP contribution in [0.1, 0.15) is 4.88 Å². The first-order valence-corrected chi connectivity index (χ1v) is 9.65. The largest absolute Gasteiger partial charge is 0.326 e. The second-order valence-electron chi connectivity index (χ2n) is 4.01. The van der Waals surface area contributed by atoms with Crippen molar-refractivity contribution in [2.75, 3.05) is 6.26 Å². The molecule has 9 heteroatoms. The molecule has 20 heavy (non-hydrogen) atoms. The summed E-state index contributed by atoms with van der Waals surface area (Å²) in [6.45, 7) is 0.247. The van der Waals surface area contributed by atoms with Crippen LogP contribution in [-0.2, 0) is 26.2 Å². The molecule has 108 valence electrons. The first-order valence-electron chi connectivity index (χ1n) is 5.46. The summed E-state index contributed by atoms with van der Waals surface area (Å²) >= 11 is 1.05. The van der Waals surface area contributed by atoms with Gasteiger partial charge in [0.05, 0.1) is 0 Å². The second kappa shape index (κ2) is 5.24. The molecular weight excluding hydrogens is 320 g/mol. The Kier molecular flexibility index (Phi) is 3.96. The summed E-state index contributed by atoms with van der Waals surface area (Å²) in [7, 11) is -7.38. The lowest BCUT2D eigenvalue weighted by Gasteiger charge is -2.03. The number of aromatic nitrogens is 1. The van der Waals surface area contributed by atoms with Gasteiger partial charge in [-0.1, -0.05) is 6.07 Å². The monoisotopic (exact) mass is 332 g/mol. The van der Waals surface area contributed by atoms with Crippen LogP contribution in [0.15, 0.2) is 44.6 Å². The average Bonchev–Trinajstić information content (AvgIpc) is 2.87. The van der Waals surface area contributed by atoms with E-state index in [2.05, 4.69) is 4.98 Å². The van der Waals surface area contributed by atoms with Crippen LogP contribution >= 0.6 is 11.3 Å². The van der Waals surface area contributed by atoms with Gasteiger partial charge in [0.2, 0.25) is 9.84 Å². The van der Waals surface area contributed by atoms with E-state index in [0.29, 0.717) is 0 Å². The van der Waals surface area contributed by atoms with Crippen molar-refractivity contribution in [3.63, 3.8) is 0 Å². The smallest absolute Gasteiger partial charge is 0.233 e. The van der Waals surface area contributed by atoms with Crippen molar-refractivity contribution in [1.29, 1.82) is 0 Å². The van der Waals surface area contributed by atoms with Gasteiger partial charge in [-0.25, -0.2) is 21.8 Å². The van der Waals surface area contributed by atoms with E-state index in [1.807, 2.05) is 0 Å². The molecule has 0 aromatic carbocycles. The number of thiophene rings is 1. The van der Waals surface area contributed by atoms with Gasteiger partial charge < -0.3 is 5.73 Å². The molecule has 0 aliphatic rings. The first-order chi connectivity index (χ1) is 9.25. The van der Waals surface area contributed by atoms with Gasteiger partial charge in [-0.3, -0.25) is 0 Å². The van der Waals surface area contributed by atoms with Gasteiger partial charge in [-0.15, -0.1) is 11.3 Å². The number of hydrogen-bond acceptors (Lipinski definition) is 7. The fourth-order valence-electron chi connectivity index (χ4n) is 1.47. The van der Waals surface area contributed by atoms with Gasteiger partial charge in [-0.2, -0.15) is 0 Å². The van der Waals surface area contributed by atoms with Crippen molar-refractivity contribution in [2.45, 2.75) is 20.8 Å². The van der Waals surface area contributed by atoms with E-state index in [1.165, 1.54) is 24.3 Å². The fraction of sp³-hybridized carbons (Fsp3) is 0.182. The SMILES string of the molecule is CS(=O)(=O)c1cccc(S(=O)(=O)c2ccc(CN)s2)n1. The van der Waals surface area contributed by atoms with Gasteiger partial charge in [0.15, 0.2) is 19.9 Å². The van der Waals surface area contributed by atoms with Crippen molar-refractivity contribution in [1.82, 2.24) is 4.98 Å². The first kappa shape index (κ1) is 15.1. The van der Waals surface area contributed by atoms with Crippen LogP contribution in [0.4, 0.5) is 0 Å². The minimum absolute atomic E-state index is 0.0936. The highest BCUT2D eigenvalue weighted by Gasteiger charge is 2.23. The van der Waals surface area contributed by atoms with E-state index in [4.69, 9.17) is 5.73 Å². The molecule has 2 N–H and O–H groups in total. The Hall–Kier alpha value is -1.29. The fourth-order valence-corrected chi connectivity index (χ4v) is 4.67. The van der Waals surface area contributed by atoms with E-state index in [0.717, 1.165) is 22.5 Å². The van der Waals surface area contributed by atoms with Crippen molar-refractivity contribution in [3.8, 4) is 0 Å².